The fourth-order valence-electron chi connectivity index (χ4n) is 1.81. The van der Waals surface area contributed by atoms with Crippen LogP contribution in [0.2, 0.25) is 0 Å². The molecule has 1 heterocycles. The first-order valence-corrected chi connectivity index (χ1v) is 5.92. The number of nitrogens with one attached hydrogen (secondary N) is 1. The van der Waals surface area contributed by atoms with Gasteiger partial charge in [-0.05, 0) is 43.3 Å². The van der Waals surface area contributed by atoms with E-state index < -0.39 is 0 Å². The lowest BCUT2D eigenvalue weighted by Crippen LogP contribution is -2.17. The number of halogens is 1. The van der Waals surface area contributed by atoms with Crippen LogP contribution in [0.15, 0.2) is 42.5 Å². The number of rotatable bonds is 4. The smallest absolute Gasteiger partial charge is 0.135 e. The maximum absolute atomic E-state index is 12.9. The minimum absolute atomic E-state index is 0.230. The molecule has 0 aliphatic carbocycles. The van der Waals surface area contributed by atoms with E-state index in [9.17, 15) is 4.39 Å². The predicted octanol–water partition coefficient (Wildman–Crippen LogP) is 3.42. The molecule has 0 fully saturated rings. The summed E-state index contributed by atoms with van der Waals surface area (Å²) in [5.41, 5.74) is 0.930. The first-order chi connectivity index (χ1) is 8.74. The number of benzene rings is 1. The zero-order valence-corrected chi connectivity index (χ0v) is 10.5. The summed E-state index contributed by atoms with van der Waals surface area (Å²) in [4.78, 5) is 6.51. The highest BCUT2D eigenvalue weighted by molar-refractivity contribution is 5.61. The number of hydrogen-bond acceptors (Lipinski definition) is 3. The Balaban J connectivity index is 2.35. The summed E-state index contributed by atoms with van der Waals surface area (Å²) in [6.07, 6.45) is 0. The first kappa shape index (κ1) is 12.4. The minimum atomic E-state index is -0.230. The van der Waals surface area contributed by atoms with E-state index in [2.05, 4.69) is 10.3 Å². The Hall–Kier alpha value is -2.10. The van der Waals surface area contributed by atoms with E-state index >= 15 is 0 Å². The van der Waals surface area contributed by atoms with Crippen molar-refractivity contribution in [3.05, 3.63) is 48.3 Å². The zero-order chi connectivity index (χ0) is 13.0. The molecule has 0 saturated carbocycles. The molecule has 4 heteroatoms. The molecule has 0 aliphatic heterocycles. The molecule has 2 aromatic rings. The first-order valence-electron chi connectivity index (χ1n) is 5.92. The van der Waals surface area contributed by atoms with Gasteiger partial charge in [0.2, 0.25) is 0 Å². The van der Waals surface area contributed by atoms with Crippen LogP contribution in [-0.4, -0.2) is 18.6 Å². The van der Waals surface area contributed by atoms with Gasteiger partial charge in [0.05, 0.1) is 0 Å². The van der Waals surface area contributed by atoms with Crippen LogP contribution in [0, 0.1) is 5.82 Å². The van der Waals surface area contributed by atoms with Gasteiger partial charge in [-0.3, -0.25) is 0 Å². The molecule has 18 heavy (non-hydrogen) atoms. The number of anilines is 3. The van der Waals surface area contributed by atoms with Crippen molar-refractivity contribution in [3.63, 3.8) is 0 Å². The highest BCUT2D eigenvalue weighted by Crippen LogP contribution is 2.24. The molecule has 3 nitrogen and oxygen atoms in total. The second kappa shape index (κ2) is 5.49. The van der Waals surface area contributed by atoms with Gasteiger partial charge in [0.1, 0.15) is 17.5 Å². The summed E-state index contributed by atoms with van der Waals surface area (Å²) in [6.45, 7) is 2.81. The van der Waals surface area contributed by atoms with Crippen molar-refractivity contribution in [1.82, 2.24) is 4.98 Å². The van der Waals surface area contributed by atoms with Crippen molar-refractivity contribution < 1.29 is 4.39 Å². The van der Waals surface area contributed by atoms with Crippen LogP contribution >= 0.6 is 0 Å². The molecule has 1 aromatic carbocycles. The number of hydrogen-bond donors (Lipinski definition) is 1. The van der Waals surface area contributed by atoms with Gasteiger partial charge >= 0.3 is 0 Å². The highest BCUT2D eigenvalue weighted by Gasteiger charge is 2.08. The second-order valence-electron chi connectivity index (χ2n) is 3.85. The lowest BCUT2D eigenvalue weighted by molar-refractivity contribution is 0.628. The van der Waals surface area contributed by atoms with Gasteiger partial charge in [-0.2, -0.15) is 0 Å². The van der Waals surface area contributed by atoms with Gasteiger partial charge in [0.15, 0.2) is 0 Å². The topological polar surface area (TPSA) is 28.2 Å². The minimum Gasteiger partial charge on any atom is -0.373 e. The van der Waals surface area contributed by atoms with Crippen molar-refractivity contribution in [2.45, 2.75) is 6.92 Å². The molecule has 0 bridgehead atoms. The predicted molar refractivity (Wildman–Crippen MR) is 72.9 cm³/mol. The van der Waals surface area contributed by atoms with Crippen LogP contribution < -0.4 is 10.2 Å². The van der Waals surface area contributed by atoms with Gasteiger partial charge in [-0.1, -0.05) is 6.07 Å². The molecule has 0 radical (unpaired) electrons. The van der Waals surface area contributed by atoms with Crippen LogP contribution in [0.25, 0.3) is 0 Å². The third-order valence-corrected chi connectivity index (χ3v) is 2.72. The van der Waals surface area contributed by atoms with Crippen LogP contribution in [0.4, 0.5) is 21.7 Å². The normalized spacial score (nSPS) is 10.2. The van der Waals surface area contributed by atoms with Crippen molar-refractivity contribution in [1.29, 1.82) is 0 Å². The van der Waals surface area contributed by atoms with E-state index in [1.165, 1.54) is 12.1 Å². The summed E-state index contributed by atoms with van der Waals surface area (Å²) in [7, 11) is 1.83. The summed E-state index contributed by atoms with van der Waals surface area (Å²) < 4.78 is 12.9. The summed E-state index contributed by atoms with van der Waals surface area (Å²) in [5, 5.41) is 3.01. The Morgan fingerprint density at radius 3 is 2.50 bits per heavy atom. The molecular formula is C14H16FN3. The van der Waals surface area contributed by atoms with Crippen LogP contribution in [0.5, 0.6) is 0 Å². The van der Waals surface area contributed by atoms with Crippen LogP contribution in [0.3, 0.4) is 0 Å². The molecule has 0 aliphatic rings. The largest absolute Gasteiger partial charge is 0.373 e. The zero-order valence-electron chi connectivity index (χ0n) is 10.5. The fourth-order valence-corrected chi connectivity index (χ4v) is 1.81. The molecule has 94 valence electrons. The monoisotopic (exact) mass is 245 g/mol. The van der Waals surface area contributed by atoms with E-state index in [-0.39, 0.29) is 5.82 Å². The maximum atomic E-state index is 12.9. The standard InChI is InChI=1S/C14H16FN3/c1-3-18(12-9-7-11(15)8-10-12)14-6-4-5-13(16-2)17-14/h4-10H,3H2,1-2H3,(H,16,17). The molecule has 0 unspecified atom stereocenters. The Morgan fingerprint density at radius 1 is 1.17 bits per heavy atom. The Labute approximate surface area is 106 Å². The lowest BCUT2D eigenvalue weighted by Gasteiger charge is -2.22. The third kappa shape index (κ3) is 2.59. The van der Waals surface area contributed by atoms with Gasteiger partial charge < -0.3 is 10.2 Å². The summed E-state index contributed by atoms with van der Waals surface area (Å²) in [6, 6.07) is 12.2. The van der Waals surface area contributed by atoms with Gasteiger partial charge in [0, 0.05) is 19.3 Å². The van der Waals surface area contributed by atoms with E-state index in [1.807, 2.05) is 37.1 Å². The average Bonchev–Trinajstić information content (AvgIpc) is 2.42. The molecule has 0 amide bonds. The molecule has 2 rings (SSSR count). The molecule has 1 N–H and O–H groups in total. The van der Waals surface area contributed by atoms with Crippen molar-refractivity contribution in [2.24, 2.45) is 0 Å². The molecule has 1 aromatic heterocycles. The Kier molecular flexibility index (Phi) is 3.77. The number of nitrogens with zero attached hydrogens (tertiary/aromatic N) is 2. The van der Waals surface area contributed by atoms with Crippen LogP contribution in [-0.2, 0) is 0 Å². The maximum Gasteiger partial charge on any atom is 0.135 e. The van der Waals surface area contributed by atoms with Crippen LogP contribution in [0.1, 0.15) is 6.92 Å². The van der Waals surface area contributed by atoms with E-state index in [0.717, 1.165) is 23.9 Å². The third-order valence-electron chi connectivity index (χ3n) is 2.72. The second-order valence-corrected chi connectivity index (χ2v) is 3.85. The summed E-state index contributed by atoms with van der Waals surface area (Å²) >= 11 is 0. The van der Waals surface area contributed by atoms with Crippen molar-refractivity contribution >= 4 is 17.3 Å². The lowest BCUT2D eigenvalue weighted by atomic mass is 10.2. The molecule has 0 atom stereocenters. The fraction of sp³-hybridized carbons (Fsp3) is 0.214. The Morgan fingerprint density at radius 2 is 1.89 bits per heavy atom. The van der Waals surface area contributed by atoms with Gasteiger partial charge in [0.25, 0.3) is 0 Å². The van der Waals surface area contributed by atoms with Gasteiger partial charge in [-0.25, -0.2) is 9.37 Å². The molecule has 0 spiro atoms. The van der Waals surface area contributed by atoms with E-state index in [1.54, 1.807) is 12.1 Å². The highest BCUT2D eigenvalue weighted by atomic mass is 19.1. The van der Waals surface area contributed by atoms with Crippen molar-refractivity contribution in [3.8, 4) is 0 Å². The van der Waals surface area contributed by atoms with E-state index in [0.29, 0.717) is 0 Å². The molecular weight excluding hydrogens is 229 g/mol. The van der Waals surface area contributed by atoms with Gasteiger partial charge in [-0.15, -0.1) is 0 Å². The van der Waals surface area contributed by atoms with E-state index in [4.69, 9.17) is 0 Å². The molecule has 0 saturated heterocycles. The Bertz CT molecular complexity index is 511. The number of pyridine rings is 1. The van der Waals surface area contributed by atoms with Crippen molar-refractivity contribution in [2.75, 3.05) is 23.8 Å². The SMILES string of the molecule is CCN(c1ccc(F)cc1)c1cccc(NC)n1. The summed E-state index contributed by atoms with van der Waals surface area (Å²) in [5.74, 6) is 1.43. The average molecular weight is 245 g/mol. The quantitative estimate of drug-likeness (QED) is 0.894. The number of aromatic nitrogens is 1.